The van der Waals surface area contributed by atoms with E-state index in [0.717, 1.165) is 11.3 Å². The van der Waals surface area contributed by atoms with Crippen molar-refractivity contribution in [3.05, 3.63) is 48.7 Å². The van der Waals surface area contributed by atoms with Crippen LogP contribution in [0, 0.1) is 0 Å². The molecule has 0 bridgehead atoms. The van der Waals surface area contributed by atoms with E-state index < -0.39 is 6.09 Å². The number of nitrogens with two attached hydrogens (primary N) is 1. The molecule has 3 aromatic heterocycles. The number of rotatable bonds is 9. The zero-order valence-corrected chi connectivity index (χ0v) is 19.5. The Morgan fingerprint density at radius 3 is 2.83 bits per heavy atom. The maximum Gasteiger partial charge on any atom is 0.414 e. The molecular formula is C22H27N10O4+. The zero-order valence-electron chi connectivity index (χ0n) is 19.5. The third kappa shape index (κ3) is 5.60. The minimum atomic E-state index is -0.599. The van der Waals surface area contributed by atoms with E-state index in [2.05, 4.69) is 30.9 Å². The summed E-state index contributed by atoms with van der Waals surface area (Å²) in [6.07, 6.45) is 4.72. The largest absolute Gasteiger partial charge is 0.449 e. The summed E-state index contributed by atoms with van der Waals surface area (Å²) in [7, 11) is 0. The molecule has 14 heteroatoms. The second-order valence-electron chi connectivity index (χ2n) is 8.06. The number of imidazole rings is 1. The quantitative estimate of drug-likeness (QED) is 0.278. The molecule has 1 aliphatic rings. The van der Waals surface area contributed by atoms with E-state index >= 15 is 0 Å². The number of aromatic nitrogens is 6. The molecule has 1 aromatic carbocycles. The molecule has 4 aromatic rings. The van der Waals surface area contributed by atoms with E-state index in [1.807, 2.05) is 33.8 Å². The second-order valence-corrected chi connectivity index (χ2v) is 8.06. The van der Waals surface area contributed by atoms with E-state index in [9.17, 15) is 4.79 Å². The van der Waals surface area contributed by atoms with E-state index in [0.29, 0.717) is 62.8 Å². The van der Waals surface area contributed by atoms with Gasteiger partial charge in [-0.2, -0.15) is 0 Å². The van der Waals surface area contributed by atoms with Crippen LogP contribution in [0.25, 0.3) is 11.2 Å². The Balaban J connectivity index is 1.02. The lowest BCUT2D eigenvalue weighted by Crippen LogP contribution is -2.62. The standard InChI is InChI=1S/C22H26N10O4/c23-20-19-21(26-14-25-20)30(15-27-19)7-6-24-17-3-1-16(2-4-17)5-10-35-22(33)28-18-13-32(29-36-18)31-8-11-34-12-9-31/h1-4,13-15,24H,5-12H2,(H2-,23,25,26,28,29,33)/p+1. The molecule has 4 heterocycles. The average Bonchev–Trinajstić information content (AvgIpc) is 3.54. The molecule has 14 nitrogen and oxygen atoms in total. The number of benzene rings is 1. The molecule has 4 N–H and O–H groups in total. The highest BCUT2D eigenvalue weighted by molar-refractivity contribution is 5.82. The lowest BCUT2D eigenvalue weighted by atomic mass is 10.1. The molecule has 1 aliphatic heterocycles. The Bertz CT molecular complexity index is 1300. The Kier molecular flexibility index (Phi) is 7.02. The summed E-state index contributed by atoms with van der Waals surface area (Å²) in [5.41, 5.74) is 9.18. The summed E-state index contributed by atoms with van der Waals surface area (Å²) >= 11 is 0. The fourth-order valence-electron chi connectivity index (χ4n) is 3.76. The van der Waals surface area contributed by atoms with E-state index in [-0.39, 0.29) is 12.5 Å². The maximum absolute atomic E-state index is 12.1. The molecule has 0 unspecified atom stereocenters. The number of anilines is 3. The van der Waals surface area contributed by atoms with Gasteiger partial charge in [-0.05, 0) is 17.7 Å². The molecule has 1 amide bonds. The molecular weight excluding hydrogens is 468 g/mol. The van der Waals surface area contributed by atoms with Gasteiger partial charge in [0.1, 0.15) is 11.8 Å². The maximum atomic E-state index is 12.1. The number of nitrogens with zero attached hydrogens (tertiary/aromatic N) is 7. The predicted molar refractivity (Wildman–Crippen MR) is 129 cm³/mol. The number of ether oxygens (including phenoxy) is 2. The normalized spacial score (nSPS) is 13.6. The molecule has 1 fully saturated rings. The number of hydrogen-bond donors (Lipinski definition) is 3. The molecule has 0 atom stereocenters. The average molecular weight is 496 g/mol. The summed E-state index contributed by atoms with van der Waals surface area (Å²) in [6.45, 7) is 4.23. The molecule has 36 heavy (non-hydrogen) atoms. The monoisotopic (exact) mass is 495 g/mol. The number of fused-ring (bicyclic) bond motifs is 1. The molecule has 188 valence electrons. The number of carbonyl (C=O) groups is 1. The van der Waals surface area contributed by atoms with Crippen LogP contribution in [0.5, 0.6) is 0 Å². The topological polar surface area (TPSA) is 162 Å². The van der Waals surface area contributed by atoms with Crippen LogP contribution in [0.15, 0.2) is 47.6 Å². The molecule has 0 radical (unpaired) electrons. The van der Waals surface area contributed by atoms with Crippen LogP contribution < -0.4 is 26.2 Å². The van der Waals surface area contributed by atoms with Gasteiger partial charge in [0.2, 0.25) is 5.27 Å². The highest BCUT2D eigenvalue weighted by atomic mass is 16.6. The summed E-state index contributed by atoms with van der Waals surface area (Å²) in [6, 6.07) is 7.96. The van der Waals surface area contributed by atoms with E-state index in [4.69, 9.17) is 19.7 Å². The Morgan fingerprint density at radius 1 is 1.17 bits per heavy atom. The van der Waals surface area contributed by atoms with Crippen LogP contribution >= 0.6 is 0 Å². The zero-order chi connectivity index (χ0) is 24.7. The van der Waals surface area contributed by atoms with Crippen molar-refractivity contribution in [1.82, 2.24) is 24.8 Å². The van der Waals surface area contributed by atoms with Crippen LogP contribution in [-0.4, -0.2) is 70.3 Å². The first kappa shape index (κ1) is 23.3. The third-order valence-electron chi connectivity index (χ3n) is 5.65. The minimum Gasteiger partial charge on any atom is -0.449 e. The number of nitrogen functional groups attached to an aromatic ring is 1. The Hall–Kier alpha value is -4.46. The summed E-state index contributed by atoms with van der Waals surface area (Å²) in [4.78, 5) is 26.1. The fraction of sp³-hybridized carbons (Fsp3) is 0.364. The number of carbonyl (C=O) groups excluding carboxylic acids is 1. The van der Waals surface area contributed by atoms with Crippen molar-refractivity contribution in [3.8, 4) is 0 Å². The van der Waals surface area contributed by atoms with Gasteiger partial charge < -0.3 is 25.1 Å². The van der Waals surface area contributed by atoms with Gasteiger partial charge >= 0.3 is 12.0 Å². The van der Waals surface area contributed by atoms with Gasteiger partial charge in [0, 0.05) is 25.2 Å². The Morgan fingerprint density at radius 2 is 2.00 bits per heavy atom. The smallest absolute Gasteiger partial charge is 0.414 e. The molecule has 1 saturated heterocycles. The number of amides is 1. The van der Waals surface area contributed by atoms with Gasteiger partial charge in [0.25, 0.3) is 6.20 Å². The highest BCUT2D eigenvalue weighted by Crippen LogP contribution is 2.14. The van der Waals surface area contributed by atoms with Gasteiger partial charge in [-0.15, -0.1) is 5.01 Å². The van der Waals surface area contributed by atoms with Crippen molar-refractivity contribution in [2.45, 2.75) is 13.0 Å². The SMILES string of the molecule is Nc1ncnc2c1ncn2CCNc1ccc(CCOC(=O)Nc2c[n+](N3CCOCC3)no2)cc1. The summed E-state index contributed by atoms with van der Waals surface area (Å²) in [5.74, 6) is 0.583. The van der Waals surface area contributed by atoms with Crippen molar-refractivity contribution in [3.63, 3.8) is 0 Å². The van der Waals surface area contributed by atoms with Crippen molar-refractivity contribution in [1.29, 1.82) is 0 Å². The van der Waals surface area contributed by atoms with Crippen LogP contribution in [0.3, 0.4) is 0 Å². The summed E-state index contributed by atoms with van der Waals surface area (Å²) in [5, 5.41) is 11.8. The van der Waals surface area contributed by atoms with Crippen molar-refractivity contribution >= 4 is 34.6 Å². The van der Waals surface area contributed by atoms with Crippen LogP contribution in [0.4, 0.5) is 22.2 Å². The van der Waals surface area contributed by atoms with Crippen molar-refractivity contribution < 1.29 is 23.6 Å². The van der Waals surface area contributed by atoms with Gasteiger partial charge in [0.05, 0.1) is 44.0 Å². The fourth-order valence-corrected chi connectivity index (χ4v) is 3.76. The van der Waals surface area contributed by atoms with Crippen LogP contribution in [0.2, 0.25) is 0 Å². The van der Waals surface area contributed by atoms with E-state index in [1.165, 1.54) is 6.33 Å². The lowest BCUT2D eigenvalue weighted by Gasteiger charge is -2.18. The predicted octanol–water partition coefficient (Wildman–Crippen LogP) is 0.556. The molecule has 0 spiro atoms. The van der Waals surface area contributed by atoms with Crippen LogP contribution in [-0.2, 0) is 22.4 Å². The first-order valence-corrected chi connectivity index (χ1v) is 11.6. The van der Waals surface area contributed by atoms with Crippen LogP contribution in [0.1, 0.15) is 5.56 Å². The van der Waals surface area contributed by atoms with Crippen molar-refractivity contribution in [2.24, 2.45) is 0 Å². The Labute approximate surface area is 206 Å². The molecule has 0 saturated carbocycles. The van der Waals surface area contributed by atoms with Crippen molar-refractivity contribution in [2.75, 3.05) is 60.8 Å². The summed E-state index contributed by atoms with van der Waals surface area (Å²) < 4.78 is 17.6. The first-order valence-electron chi connectivity index (χ1n) is 11.6. The molecule has 5 rings (SSSR count). The number of morpholine rings is 1. The van der Waals surface area contributed by atoms with Gasteiger partial charge in [0.15, 0.2) is 11.5 Å². The van der Waals surface area contributed by atoms with Gasteiger partial charge in [-0.1, -0.05) is 12.1 Å². The van der Waals surface area contributed by atoms with E-state index in [1.54, 1.807) is 17.3 Å². The van der Waals surface area contributed by atoms with Gasteiger partial charge in [-0.3, -0.25) is 9.84 Å². The minimum absolute atomic E-state index is 0.210. The highest BCUT2D eigenvalue weighted by Gasteiger charge is 2.23. The first-order chi connectivity index (χ1) is 17.7. The number of nitrogens with one attached hydrogen (secondary N) is 2. The van der Waals surface area contributed by atoms with Gasteiger partial charge in [-0.25, -0.2) is 19.7 Å². The second kappa shape index (κ2) is 10.9. The lowest BCUT2D eigenvalue weighted by molar-refractivity contribution is -0.759. The molecule has 0 aliphatic carbocycles. The third-order valence-corrected chi connectivity index (χ3v) is 5.65. The number of hydrogen-bond acceptors (Lipinski definition) is 11.